The second-order valence-corrected chi connectivity index (χ2v) is 5.30. The molecule has 1 amide bonds. The summed E-state index contributed by atoms with van der Waals surface area (Å²) in [6.45, 7) is 0. The van der Waals surface area contributed by atoms with Gasteiger partial charge in [-0.2, -0.15) is 13.2 Å². The van der Waals surface area contributed by atoms with Crippen molar-refractivity contribution in [2.24, 2.45) is 5.92 Å². The summed E-state index contributed by atoms with van der Waals surface area (Å²) in [6, 6.07) is 6.07. The Bertz CT molecular complexity index is 485. The Morgan fingerprint density at radius 3 is 2.48 bits per heavy atom. The lowest BCUT2D eigenvalue weighted by Crippen LogP contribution is -2.41. The highest BCUT2D eigenvalue weighted by molar-refractivity contribution is 5.94. The van der Waals surface area contributed by atoms with E-state index in [0.717, 1.165) is 0 Å². The fourth-order valence-corrected chi connectivity index (χ4v) is 2.63. The number of carbonyl (C=O) groups excluding carboxylic acids is 1. The smallest absolute Gasteiger partial charge is 0.391 e. The lowest BCUT2D eigenvalue weighted by atomic mass is 9.85. The van der Waals surface area contributed by atoms with Gasteiger partial charge in [-0.3, -0.25) is 4.79 Å². The molecule has 0 radical (unpaired) electrons. The van der Waals surface area contributed by atoms with Gasteiger partial charge in [-0.1, -0.05) is 6.42 Å². The molecule has 1 aliphatic rings. The highest BCUT2D eigenvalue weighted by Gasteiger charge is 2.42. The van der Waals surface area contributed by atoms with Gasteiger partial charge in [0.05, 0.1) is 13.0 Å². The van der Waals surface area contributed by atoms with Gasteiger partial charge in [0, 0.05) is 11.6 Å². The summed E-state index contributed by atoms with van der Waals surface area (Å²) < 4.78 is 43.2. The molecule has 1 aliphatic carbocycles. The van der Waals surface area contributed by atoms with Crippen molar-refractivity contribution in [3.8, 4) is 5.75 Å². The number of nitrogens with one attached hydrogen (secondary N) is 1. The zero-order chi connectivity index (χ0) is 15.5. The van der Waals surface area contributed by atoms with Crippen LogP contribution in [0.5, 0.6) is 5.75 Å². The van der Waals surface area contributed by atoms with Crippen molar-refractivity contribution in [3.05, 3.63) is 29.8 Å². The predicted molar refractivity (Wildman–Crippen MR) is 72.3 cm³/mol. The average Bonchev–Trinajstić information content (AvgIpc) is 2.47. The minimum absolute atomic E-state index is 0.0363. The van der Waals surface area contributed by atoms with E-state index in [-0.39, 0.29) is 18.7 Å². The Balaban J connectivity index is 1.95. The van der Waals surface area contributed by atoms with Crippen LogP contribution in [0.15, 0.2) is 24.3 Å². The van der Waals surface area contributed by atoms with Crippen molar-refractivity contribution >= 4 is 5.91 Å². The van der Waals surface area contributed by atoms with Crippen LogP contribution in [0.1, 0.15) is 36.0 Å². The van der Waals surface area contributed by atoms with Gasteiger partial charge in [-0.15, -0.1) is 0 Å². The molecule has 0 bridgehead atoms. The predicted octanol–water partition coefficient (Wildman–Crippen LogP) is 3.55. The lowest BCUT2D eigenvalue weighted by molar-refractivity contribution is -0.183. The second kappa shape index (κ2) is 6.37. The number of halogens is 3. The Morgan fingerprint density at radius 2 is 1.90 bits per heavy atom. The Morgan fingerprint density at radius 1 is 1.24 bits per heavy atom. The van der Waals surface area contributed by atoms with E-state index in [4.69, 9.17) is 4.74 Å². The molecule has 21 heavy (non-hydrogen) atoms. The van der Waals surface area contributed by atoms with Crippen molar-refractivity contribution in [2.45, 2.75) is 37.9 Å². The van der Waals surface area contributed by atoms with Gasteiger partial charge in [0.25, 0.3) is 5.91 Å². The molecule has 2 rings (SSSR count). The third-order valence-corrected chi connectivity index (χ3v) is 3.82. The Kier molecular flexibility index (Phi) is 4.75. The fraction of sp³-hybridized carbons (Fsp3) is 0.533. The van der Waals surface area contributed by atoms with Gasteiger partial charge in [0.15, 0.2) is 0 Å². The molecule has 0 aromatic heterocycles. The maximum Gasteiger partial charge on any atom is 0.391 e. The molecule has 0 aliphatic heterocycles. The summed E-state index contributed by atoms with van der Waals surface area (Å²) in [6.07, 6.45) is -2.99. The van der Waals surface area contributed by atoms with Crippen LogP contribution in [0.3, 0.4) is 0 Å². The maximum absolute atomic E-state index is 12.7. The maximum atomic E-state index is 12.7. The number of amides is 1. The summed E-state index contributed by atoms with van der Waals surface area (Å²) in [5, 5.41) is 2.69. The van der Waals surface area contributed by atoms with E-state index < -0.39 is 18.1 Å². The fourth-order valence-electron chi connectivity index (χ4n) is 2.63. The van der Waals surface area contributed by atoms with Crippen molar-refractivity contribution in [1.29, 1.82) is 0 Å². The first-order valence-corrected chi connectivity index (χ1v) is 6.92. The van der Waals surface area contributed by atoms with Gasteiger partial charge in [-0.05, 0) is 43.5 Å². The van der Waals surface area contributed by atoms with Crippen molar-refractivity contribution < 1.29 is 22.7 Å². The minimum atomic E-state index is -4.18. The van der Waals surface area contributed by atoms with Crippen LogP contribution in [-0.2, 0) is 0 Å². The van der Waals surface area contributed by atoms with Gasteiger partial charge in [-0.25, -0.2) is 0 Å². The number of carbonyl (C=O) groups is 1. The molecule has 3 nitrogen and oxygen atoms in total. The Labute approximate surface area is 121 Å². The molecule has 2 unspecified atom stereocenters. The van der Waals surface area contributed by atoms with E-state index >= 15 is 0 Å². The molecule has 6 heteroatoms. The van der Waals surface area contributed by atoms with E-state index in [1.807, 2.05) is 0 Å². The van der Waals surface area contributed by atoms with Crippen LogP contribution in [-0.4, -0.2) is 25.2 Å². The third-order valence-electron chi connectivity index (χ3n) is 3.82. The van der Waals surface area contributed by atoms with E-state index in [1.165, 1.54) is 7.11 Å². The molecule has 1 N–H and O–H groups in total. The molecule has 1 aromatic rings. The molecule has 0 saturated heterocycles. The van der Waals surface area contributed by atoms with Gasteiger partial charge in [0.1, 0.15) is 5.75 Å². The summed E-state index contributed by atoms with van der Waals surface area (Å²) in [5.74, 6) is -1.03. The average molecular weight is 301 g/mol. The zero-order valence-corrected chi connectivity index (χ0v) is 11.7. The number of benzene rings is 1. The molecule has 0 heterocycles. The molecule has 1 saturated carbocycles. The monoisotopic (exact) mass is 301 g/mol. The SMILES string of the molecule is COc1ccc(C(=O)NC2CCCC(C(F)(F)F)C2)cc1. The molecular formula is C15H18F3NO2. The van der Waals surface area contributed by atoms with Crippen LogP contribution in [0.2, 0.25) is 0 Å². The van der Waals surface area contributed by atoms with Gasteiger partial charge in [0.2, 0.25) is 0 Å². The number of hydrogen-bond acceptors (Lipinski definition) is 2. The molecular weight excluding hydrogens is 283 g/mol. The zero-order valence-electron chi connectivity index (χ0n) is 11.7. The molecule has 2 atom stereocenters. The summed E-state index contributed by atoms with van der Waals surface area (Å²) in [5.41, 5.74) is 0.421. The van der Waals surface area contributed by atoms with Gasteiger partial charge < -0.3 is 10.1 Å². The number of rotatable bonds is 3. The van der Waals surface area contributed by atoms with Crippen molar-refractivity contribution in [2.75, 3.05) is 7.11 Å². The topological polar surface area (TPSA) is 38.3 Å². The molecule has 1 aromatic carbocycles. The van der Waals surface area contributed by atoms with Crippen LogP contribution in [0.4, 0.5) is 13.2 Å². The largest absolute Gasteiger partial charge is 0.497 e. The van der Waals surface area contributed by atoms with E-state index in [0.29, 0.717) is 24.2 Å². The summed E-state index contributed by atoms with van der Waals surface area (Å²) in [4.78, 5) is 12.0. The van der Waals surface area contributed by atoms with Crippen molar-refractivity contribution in [3.63, 3.8) is 0 Å². The molecule has 116 valence electrons. The standard InChI is InChI=1S/C15H18F3NO2/c1-21-13-7-5-10(6-8-13)14(20)19-12-4-2-3-11(9-12)15(16,17)18/h5-8,11-12H,2-4,9H2,1H3,(H,19,20). The van der Waals surface area contributed by atoms with Crippen LogP contribution < -0.4 is 10.1 Å². The van der Waals surface area contributed by atoms with E-state index in [9.17, 15) is 18.0 Å². The lowest BCUT2D eigenvalue weighted by Gasteiger charge is -2.31. The van der Waals surface area contributed by atoms with Gasteiger partial charge >= 0.3 is 6.18 Å². The van der Waals surface area contributed by atoms with Crippen LogP contribution in [0.25, 0.3) is 0 Å². The first-order valence-electron chi connectivity index (χ1n) is 6.92. The molecule has 0 spiro atoms. The first kappa shape index (κ1) is 15.7. The number of hydrogen-bond donors (Lipinski definition) is 1. The summed E-state index contributed by atoms with van der Waals surface area (Å²) >= 11 is 0. The molecule has 1 fully saturated rings. The highest BCUT2D eigenvalue weighted by atomic mass is 19.4. The van der Waals surface area contributed by atoms with Crippen LogP contribution >= 0.6 is 0 Å². The quantitative estimate of drug-likeness (QED) is 0.927. The summed E-state index contributed by atoms with van der Waals surface area (Å²) in [7, 11) is 1.52. The first-order chi connectivity index (χ1) is 9.90. The van der Waals surface area contributed by atoms with Crippen molar-refractivity contribution in [1.82, 2.24) is 5.32 Å². The van der Waals surface area contributed by atoms with E-state index in [2.05, 4.69) is 5.32 Å². The van der Waals surface area contributed by atoms with E-state index in [1.54, 1.807) is 24.3 Å². The minimum Gasteiger partial charge on any atom is -0.497 e. The second-order valence-electron chi connectivity index (χ2n) is 5.30. The Hall–Kier alpha value is -1.72. The number of methoxy groups -OCH3 is 1. The normalized spacial score (nSPS) is 22.7. The number of ether oxygens (including phenoxy) is 1. The van der Waals surface area contributed by atoms with Crippen LogP contribution in [0, 0.1) is 5.92 Å². The third kappa shape index (κ3) is 4.12. The number of alkyl halides is 3. The highest BCUT2D eigenvalue weighted by Crippen LogP contribution is 2.37.